The van der Waals surface area contributed by atoms with Crippen molar-refractivity contribution in [1.29, 1.82) is 0 Å². The summed E-state index contributed by atoms with van der Waals surface area (Å²) in [6.45, 7) is 10.1. The Balaban J connectivity index is 2.56. The molecule has 0 saturated carbocycles. The predicted octanol–water partition coefficient (Wildman–Crippen LogP) is 2.34. The Kier molecular flexibility index (Phi) is 5.59. The zero-order chi connectivity index (χ0) is 13.5. The highest BCUT2D eigenvalue weighted by molar-refractivity contribution is 5.81. The van der Waals surface area contributed by atoms with Gasteiger partial charge in [0.05, 0.1) is 6.04 Å². The summed E-state index contributed by atoms with van der Waals surface area (Å²) in [6, 6.07) is 8.22. The second-order valence-electron chi connectivity index (χ2n) is 4.56. The Morgan fingerprint density at radius 2 is 2.17 bits per heavy atom. The first-order valence-electron chi connectivity index (χ1n) is 6.25. The van der Waals surface area contributed by atoms with Gasteiger partial charge in [0.15, 0.2) is 0 Å². The highest BCUT2D eigenvalue weighted by Gasteiger charge is 2.15. The minimum absolute atomic E-state index is 0.00518. The second kappa shape index (κ2) is 6.97. The zero-order valence-electron chi connectivity index (χ0n) is 11.4. The van der Waals surface area contributed by atoms with Crippen LogP contribution in [0, 0.1) is 6.92 Å². The Hall–Kier alpha value is -1.61. The van der Waals surface area contributed by atoms with Crippen LogP contribution in [0.15, 0.2) is 36.9 Å². The van der Waals surface area contributed by atoms with E-state index in [4.69, 9.17) is 0 Å². The molecule has 18 heavy (non-hydrogen) atoms. The summed E-state index contributed by atoms with van der Waals surface area (Å²) >= 11 is 0. The molecule has 0 aromatic heterocycles. The van der Waals surface area contributed by atoms with Crippen molar-refractivity contribution in [2.24, 2.45) is 0 Å². The van der Waals surface area contributed by atoms with Gasteiger partial charge in [0.2, 0.25) is 5.91 Å². The van der Waals surface area contributed by atoms with Crippen LogP contribution >= 0.6 is 0 Å². The van der Waals surface area contributed by atoms with Gasteiger partial charge in [0.1, 0.15) is 0 Å². The van der Waals surface area contributed by atoms with Gasteiger partial charge in [-0.15, -0.1) is 6.58 Å². The molecule has 0 aliphatic carbocycles. The molecular weight excluding hydrogens is 224 g/mol. The van der Waals surface area contributed by atoms with Crippen LogP contribution in [0.25, 0.3) is 0 Å². The lowest BCUT2D eigenvalue weighted by Crippen LogP contribution is -2.43. The van der Waals surface area contributed by atoms with E-state index >= 15 is 0 Å². The first-order valence-corrected chi connectivity index (χ1v) is 6.25. The summed E-state index contributed by atoms with van der Waals surface area (Å²) in [4.78, 5) is 11.7. The zero-order valence-corrected chi connectivity index (χ0v) is 11.4. The van der Waals surface area contributed by atoms with Crippen molar-refractivity contribution in [3.05, 3.63) is 48.0 Å². The third-order valence-electron chi connectivity index (χ3n) is 2.86. The van der Waals surface area contributed by atoms with Gasteiger partial charge in [-0.1, -0.05) is 35.9 Å². The number of amides is 1. The largest absolute Gasteiger partial charge is 0.351 e. The number of hydrogen-bond acceptors (Lipinski definition) is 2. The number of aryl methyl sites for hydroxylation is 1. The quantitative estimate of drug-likeness (QED) is 0.756. The molecule has 0 radical (unpaired) electrons. The van der Waals surface area contributed by atoms with Crippen molar-refractivity contribution in [2.75, 3.05) is 6.54 Å². The molecule has 0 aliphatic rings. The molecule has 2 N–H and O–H groups in total. The van der Waals surface area contributed by atoms with Crippen molar-refractivity contribution >= 4 is 5.91 Å². The fourth-order valence-corrected chi connectivity index (χ4v) is 1.81. The minimum atomic E-state index is -0.222. The summed E-state index contributed by atoms with van der Waals surface area (Å²) in [5.41, 5.74) is 2.42. The van der Waals surface area contributed by atoms with E-state index in [2.05, 4.69) is 49.3 Å². The number of benzene rings is 1. The highest BCUT2D eigenvalue weighted by atomic mass is 16.2. The van der Waals surface area contributed by atoms with Crippen LogP contribution in [0.3, 0.4) is 0 Å². The second-order valence-corrected chi connectivity index (χ2v) is 4.56. The third kappa shape index (κ3) is 4.34. The molecule has 1 unspecified atom stereocenters. The molecule has 0 bridgehead atoms. The Bertz CT molecular complexity index is 415. The molecule has 0 spiro atoms. The molecule has 0 saturated heterocycles. The summed E-state index contributed by atoms with van der Waals surface area (Å²) in [7, 11) is 0. The molecule has 1 aromatic rings. The maximum absolute atomic E-state index is 11.7. The summed E-state index contributed by atoms with van der Waals surface area (Å²) in [5, 5.41) is 6.07. The molecule has 2 atom stereocenters. The first-order chi connectivity index (χ1) is 8.54. The van der Waals surface area contributed by atoms with Gasteiger partial charge in [-0.05, 0) is 26.3 Å². The van der Waals surface area contributed by atoms with Gasteiger partial charge >= 0.3 is 0 Å². The lowest BCUT2D eigenvalue weighted by Gasteiger charge is -2.20. The van der Waals surface area contributed by atoms with E-state index in [9.17, 15) is 4.79 Å². The van der Waals surface area contributed by atoms with Crippen molar-refractivity contribution in [1.82, 2.24) is 10.6 Å². The molecule has 1 aromatic carbocycles. The Labute approximate surface area is 109 Å². The van der Waals surface area contributed by atoms with Gasteiger partial charge in [0.25, 0.3) is 0 Å². The number of hydrogen-bond donors (Lipinski definition) is 2. The van der Waals surface area contributed by atoms with Gasteiger partial charge in [0, 0.05) is 12.6 Å². The number of carbonyl (C=O) groups is 1. The fourth-order valence-electron chi connectivity index (χ4n) is 1.81. The average Bonchev–Trinajstić information content (AvgIpc) is 2.35. The van der Waals surface area contributed by atoms with E-state index in [0.717, 1.165) is 0 Å². The van der Waals surface area contributed by atoms with Gasteiger partial charge in [-0.2, -0.15) is 0 Å². The topological polar surface area (TPSA) is 41.1 Å². The number of nitrogens with one attached hydrogen (secondary N) is 2. The first kappa shape index (κ1) is 14.5. The van der Waals surface area contributed by atoms with Crippen LogP contribution < -0.4 is 10.6 Å². The van der Waals surface area contributed by atoms with Crippen LogP contribution in [-0.4, -0.2) is 18.5 Å². The normalized spacial score (nSPS) is 13.7. The SMILES string of the molecule is C=CCNC(=O)C(C)N[C@H](C)c1cccc(C)c1. The monoisotopic (exact) mass is 246 g/mol. The molecule has 0 aliphatic heterocycles. The van der Waals surface area contributed by atoms with Crippen LogP contribution in [0.2, 0.25) is 0 Å². The molecular formula is C15H22N2O. The molecule has 0 fully saturated rings. The molecule has 98 valence electrons. The minimum Gasteiger partial charge on any atom is -0.351 e. The fraction of sp³-hybridized carbons (Fsp3) is 0.400. The predicted molar refractivity (Wildman–Crippen MR) is 75.4 cm³/mol. The van der Waals surface area contributed by atoms with E-state index in [0.29, 0.717) is 6.54 Å². The van der Waals surface area contributed by atoms with Crippen LogP contribution in [0.4, 0.5) is 0 Å². The summed E-state index contributed by atoms with van der Waals surface area (Å²) in [6.07, 6.45) is 1.68. The van der Waals surface area contributed by atoms with E-state index in [1.807, 2.05) is 13.0 Å². The van der Waals surface area contributed by atoms with E-state index in [1.54, 1.807) is 6.08 Å². The number of rotatable bonds is 6. The molecule has 3 heteroatoms. The van der Waals surface area contributed by atoms with E-state index in [1.165, 1.54) is 11.1 Å². The number of carbonyl (C=O) groups excluding carboxylic acids is 1. The van der Waals surface area contributed by atoms with Crippen molar-refractivity contribution in [3.8, 4) is 0 Å². The average molecular weight is 246 g/mol. The van der Waals surface area contributed by atoms with Gasteiger partial charge in [-0.25, -0.2) is 0 Å². The van der Waals surface area contributed by atoms with E-state index in [-0.39, 0.29) is 18.0 Å². The third-order valence-corrected chi connectivity index (χ3v) is 2.86. The van der Waals surface area contributed by atoms with Crippen molar-refractivity contribution in [3.63, 3.8) is 0 Å². The Morgan fingerprint density at radius 3 is 2.78 bits per heavy atom. The maximum Gasteiger partial charge on any atom is 0.237 e. The molecule has 1 amide bonds. The summed E-state index contributed by atoms with van der Waals surface area (Å²) < 4.78 is 0. The van der Waals surface area contributed by atoms with Crippen molar-refractivity contribution < 1.29 is 4.79 Å². The molecule has 3 nitrogen and oxygen atoms in total. The van der Waals surface area contributed by atoms with Crippen molar-refractivity contribution in [2.45, 2.75) is 32.9 Å². The molecule has 0 heterocycles. The van der Waals surface area contributed by atoms with Gasteiger partial charge < -0.3 is 5.32 Å². The van der Waals surface area contributed by atoms with Crippen LogP contribution in [0.5, 0.6) is 0 Å². The highest BCUT2D eigenvalue weighted by Crippen LogP contribution is 2.14. The van der Waals surface area contributed by atoms with Gasteiger partial charge in [-0.3, -0.25) is 10.1 Å². The maximum atomic E-state index is 11.7. The lowest BCUT2D eigenvalue weighted by atomic mass is 10.1. The van der Waals surface area contributed by atoms with Crippen LogP contribution in [-0.2, 0) is 4.79 Å². The van der Waals surface area contributed by atoms with E-state index < -0.39 is 0 Å². The lowest BCUT2D eigenvalue weighted by molar-refractivity contribution is -0.122. The Morgan fingerprint density at radius 1 is 1.44 bits per heavy atom. The summed E-state index contributed by atoms with van der Waals surface area (Å²) in [5.74, 6) is -0.00518. The standard InChI is InChI=1S/C15H22N2O/c1-5-9-16-15(18)13(4)17-12(3)14-8-6-7-11(2)10-14/h5-8,10,12-13,17H,1,9H2,2-4H3,(H,16,18)/t12-,13?/m1/s1. The molecule has 1 rings (SSSR count). The smallest absolute Gasteiger partial charge is 0.237 e. The van der Waals surface area contributed by atoms with Crippen LogP contribution in [0.1, 0.15) is 31.0 Å².